The zero-order valence-corrected chi connectivity index (χ0v) is 23.1. The van der Waals surface area contributed by atoms with E-state index in [1.807, 2.05) is 0 Å². The lowest BCUT2D eigenvalue weighted by atomic mass is 9.80. The quantitative estimate of drug-likeness (QED) is 0.183. The molecule has 3 aliphatic heterocycles. The van der Waals surface area contributed by atoms with Crippen molar-refractivity contribution in [1.82, 2.24) is 4.58 Å². The number of nitrogens with zero attached hydrogens (tertiary/aromatic N) is 2. The van der Waals surface area contributed by atoms with Gasteiger partial charge in [-0.15, -0.1) is 0 Å². The number of hydrogen-bond acceptors (Lipinski definition) is 2. The maximum absolute atomic E-state index is 7.27. The molecule has 3 heterocycles. The molecule has 0 aliphatic carbocycles. The van der Waals surface area contributed by atoms with Crippen molar-refractivity contribution in [3.05, 3.63) is 87.9 Å². The zero-order valence-electron chi connectivity index (χ0n) is 23.1. The Balaban J connectivity index is 1.62. The molecule has 0 atom stereocenters. The van der Waals surface area contributed by atoms with Gasteiger partial charge in [0.1, 0.15) is 18.5 Å². The molecule has 38 heavy (non-hydrogen) atoms. The van der Waals surface area contributed by atoms with Crippen LogP contribution in [0.2, 0.25) is 0 Å². The minimum Gasteiger partial charge on any atom is -0.455 e. The fraction of sp³-hybridized carbons (Fsp3) is 0.286. The lowest BCUT2D eigenvalue weighted by molar-refractivity contribution is 0.426. The molecule has 0 saturated carbocycles. The summed E-state index contributed by atoms with van der Waals surface area (Å²) < 4.78 is 9.70. The van der Waals surface area contributed by atoms with Crippen molar-refractivity contribution in [1.29, 1.82) is 0 Å². The largest absolute Gasteiger partial charge is 0.455 e. The molecule has 3 nitrogen and oxygen atoms in total. The highest BCUT2D eigenvalue weighted by Crippen LogP contribution is 2.54. The highest BCUT2D eigenvalue weighted by atomic mass is 16.5. The van der Waals surface area contributed by atoms with Gasteiger partial charge < -0.3 is 9.64 Å². The van der Waals surface area contributed by atoms with E-state index >= 15 is 0 Å². The summed E-state index contributed by atoms with van der Waals surface area (Å²) >= 11 is 0. The molecule has 5 aromatic carbocycles. The van der Waals surface area contributed by atoms with Gasteiger partial charge in [-0.2, -0.15) is 0 Å². The van der Waals surface area contributed by atoms with Crippen LogP contribution in [0.4, 0.5) is 5.69 Å². The van der Waals surface area contributed by atoms with Crippen LogP contribution in [0.1, 0.15) is 44.4 Å². The number of hydrogen-bond donors (Lipinski definition) is 0. The summed E-state index contributed by atoms with van der Waals surface area (Å²) in [6.45, 7) is 11.4. The van der Waals surface area contributed by atoms with Gasteiger partial charge in [0.05, 0.1) is 22.1 Å². The van der Waals surface area contributed by atoms with Crippen molar-refractivity contribution in [3.8, 4) is 11.5 Å². The first-order valence-corrected chi connectivity index (χ1v) is 13.7. The summed E-state index contributed by atoms with van der Waals surface area (Å²) in [5.74, 6) is 2.10. The molecule has 0 bridgehead atoms. The van der Waals surface area contributed by atoms with E-state index in [9.17, 15) is 0 Å². The average molecular weight is 498 g/mol. The Bertz CT molecular complexity index is 2030. The summed E-state index contributed by atoms with van der Waals surface area (Å²) in [6.07, 6.45) is 2.44. The lowest BCUT2D eigenvalue weighted by Gasteiger charge is -2.28. The molecule has 188 valence electrons. The second-order valence-corrected chi connectivity index (χ2v) is 12.9. The molecular formula is C35H33N2O+. The van der Waals surface area contributed by atoms with E-state index in [1.165, 1.54) is 65.3 Å². The van der Waals surface area contributed by atoms with Crippen LogP contribution in [0.25, 0.3) is 38.4 Å². The van der Waals surface area contributed by atoms with Crippen LogP contribution < -0.4 is 24.8 Å². The summed E-state index contributed by atoms with van der Waals surface area (Å²) in [5.41, 5.74) is 5.19. The first-order chi connectivity index (χ1) is 18.2. The van der Waals surface area contributed by atoms with Gasteiger partial charge in [0.25, 0.3) is 0 Å². The van der Waals surface area contributed by atoms with Crippen LogP contribution in [-0.2, 0) is 10.8 Å². The van der Waals surface area contributed by atoms with Crippen molar-refractivity contribution in [2.45, 2.75) is 38.5 Å². The van der Waals surface area contributed by atoms with Crippen LogP contribution in [0.3, 0.4) is 0 Å². The van der Waals surface area contributed by atoms with Crippen molar-refractivity contribution >= 4 is 44.1 Å². The number of ether oxygens (including phenoxy) is 1. The molecule has 8 rings (SSSR count). The summed E-state index contributed by atoms with van der Waals surface area (Å²) in [7, 11) is 4.46. The predicted molar refractivity (Wildman–Crippen MR) is 160 cm³/mol. The standard InChI is InChI=1S/C35H33N2O/c1-34(2)18-36(5)30-23-14-10-9-13-22(23)26-17-27-24-15-20-11-7-8-12-21(20)16-25(24)31-29(35(3,4)19-37(31)6)33(27)38-32(26)28(30)34/h7-17H,18-19H2,1-6H3/q+1. The van der Waals surface area contributed by atoms with Crippen LogP contribution in [-0.4, -0.2) is 27.2 Å². The van der Waals surface area contributed by atoms with Crippen LogP contribution in [0.5, 0.6) is 11.5 Å². The maximum Gasteiger partial charge on any atom is 0.215 e. The zero-order chi connectivity index (χ0) is 26.1. The third-order valence-corrected chi connectivity index (χ3v) is 9.20. The lowest BCUT2D eigenvalue weighted by Crippen LogP contribution is -2.29. The van der Waals surface area contributed by atoms with Crippen LogP contribution >= 0.6 is 0 Å². The van der Waals surface area contributed by atoms with E-state index in [1.54, 1.807) is 0 Å². The van der Waals surface area contributed by atoms with Crippen LogP contribution in [0.15, 0.2) is 60.7 Å². The predicted octanol–water partition coefficient (Wildman–Crippen LogP) is 6.22. The van der Waals surface area contributed by atoms with Gasteiger partial charge in [0, 0.05) is 40.7 Å². The second-order valence-electron chi connectivity index (χ2n) is 12.9. The van der Waals surface area contributed by atoms with Crippen molar-refractivity contribution in [2.24, 2.45) is 0 Å². The summed E-state index contributed by atoms with van der Waals surface area (Å²) in [5, 5.41) is 10.3. The smallest absolute Gasteiger partial charge is 0.215 e. The molecule has 3 heteroatoms. The Morgan fingerprint density at radius 1 is 0.763 bits per heavy atom. The Morgan fingerprint density at radius 3 is 2.16 bits per heavy atom. The number of benzene rings is 5. The van der Waals surface area contributed by atoms with E-state index in [0.29, 0.717) is 0 Å². The highest BCUT2D eigenvalue weighted by Gasteiger charge is 2.44. The van der Waals surface area contributed by atoms with Crippen molar-refractivity contribution < 1.29 is 4.74 Å². The molecule has 0 unspecified atom stereocenters. The molecule has 0 fully saturated rings. The molecule has 0 N–H and O–H groups in total. The number of likely N-dealkylation sites (N-methyl/N-ethyl adjacent to an activating group) is 2. The van der Waals surface area contributed by atoms with Crippen molar-refractivity contribution in [3.63, 3.8) is 0 Å². The Kier molecular flexibility index (Phi) is 4.06. The monoisotopic (exact) mass is 497 g/mol. The molecule has 3 aliphatic rings. The van der Waals surface area contributed by atoms with E-state index in [4.69, 9.17) is 4.74 Å². The van der Waals surface area contributed by atoms with E-state index in [0.717, 1.165) is 24.6 Å². The van der Waals surface area contributed by atoms with Crippen molar-refractivity contribution in [2.75, 3.05) is 32.1 Å². The highest BCUT2D eigenvalue weighted by molar-refractivity contribution is 6.11. The fourth-order valence-corrected chi connectivity index (χ4v) is 7.88. The van der Waals surface area contributed by atoms with Crippen LogP contribution in [0, 0.1) is 0 Å². The number of rotatable bonds is 0. The van der Waals surface area contributed by atoms with E-state index < -0.39 is 0 Å². The number of anilines is 1. The van der Waals surface area contributed by atoms with Gasteiger partial charge in [-0.05, 0) is 59.7 Å². The fourth-order valence-electron chi connectivity index (χ4n) is 7.88. The Morgan fingerprint density at radius 2 is 1.42 bits per heavy atom. The van der Waals surface area contributed by atoms with Gasteiger partial charge in [-0.1, -0.05) is 56.3 Å². The minimum atomic E-state index is -0.0221. The molecule has 0 aromatic heterocycles. The van der Waals surface area contributed by atoms with Gasteiger partial charge in [-0.25, -0.2) is 4.58 Å². The third kappa shape index (κ3) is 2.67. The normalized spacial score (nSPS) is 18.3. The van der Waals surface area contributed by atoms with Gasteiger partial charge in [0.15, 0.2) is 6.54 Å². The molecule has 0 radical (unpaired) electrons. The summed E-state index contributed by atoms with van der Waals surface area (Å²) in [6, 6.07) is 22.4. The topological polar surface area (TPSA) is 15.5 Å². The molecule has 0 saturated heterocycles. The number of fused-ring (bicyclic) bond motifs is 13. The molecule has 5 aromatic rings. The first-order valence-electron chi connectivity index (χ1n) is 13.7. The third-order valence-electron chi connectivity index (χ3n) is 9.20. The van der Waals surface area contributed by atoms with E-state index in [-0.39, 0.29) is 10.8 Å². The SMILES string of the molecule is CN1CC(C)(C)c2c3c(c4cc5ccccc5cc4c21)C=c1c(c2c(c4ccccc14)=[N+](C)CC2(C)C)O3. The Hall–Kier alpha value is -3.85. The maximum atomic E-state index is 7.27. The van der Waals surface area contributed by atoms with E-state index in [2.05, 4.69) is 118 Å². The summed E-state index contributed by atoms with van der Waals surface area (Å²) in [4.78, 5) is 2.44. The molecule has 0 spiro atoms. The molecular weight excluding hydrogens is 464 g/mol. The average Bonchev–Trinajstić information content (AvgIpc) is 3.28. The molecule has 0 amide bonds. The Labute approximate surface area is 223 Å². The minimum absolute atomic E-state index is 0.00786. The second kappa shape index (κ2) is 6.96. The van der Waals surface area contributed by atoms with Gasteiger partial charge >= 0.3 is 0 Å². The van der Waals surface area contributed by atoms with Gasteiger partial charge in [-0.3, -0.25) is 0 Å². The first kappa shape index (κ1) is 22.2. The van der Waals surface area contributed by atoms with Gasteiger partial charge in [0.2, 0.25) is 5.36 Å².